The molecule has 0 aliphatic rings. The fraction of sp³-hybridized carbons (Fsp3) is 0.111. The average molecular weight is 276 g/mol. The van der Waals surface area contributed by atoms with Crippen LogP contribution in [0.3, 0.4) is 0 Å². The van der Waals surface area contributed by atoms with Crippen molar-refractivity contribution in [2.75, 3.05) is 0 Å². The van der Waals surface area contributed by atoms with Gasteiger partial charge in [0.05, 0.1) is 11.0 Å². The Hall–Kier alpha value is -2.68. The molecule has 0 saturated carbocycles. The Kier molecular flexibility index (Phi) is 3.40. The van der Waals surface area contributed by atoms with Crippen LogP contribution in [0.4, 0.5) is 0 Å². The zero-order chi connectivity index (χ0) is 14.8. The number of hydrogen-bond acceptors (Lipinski definition) is 2. The van der Waals surface area contributed by atoms with Gasteiger partial charge in [0.25, 0.3) is 0 Å². The van der Waals surface area contributed by atoms with Gasteiger partial charge in [-0.2, -0.15) is 0 Å². The van der Waals surface area contributed by atoms with Gasteiger partial charge in [-0.3, -0.25) is 4.79 Å². The molecule has 0 saturated heterocycles. The molecular formula is C18H16N2O. The second-order valence-corrected chi connectivity index (χ2v) is 5.09. The Morgan fingerprint density at radius 3 is 2.52 bits per heavy atom. The van der Waals surface area contributed by atoms with Gasteiger partial charge in [-0.25, -0.2) is 4.98 Å². The number of rotatable bonds is 3. The van der Waals surface area contributed by atoms with Gasteiger partial charge in [0.15, 0.2) is 5.82 Å². The number of aromatic nitrogens is 2. The standard InChI is InChI=1S/C18H16N2O/c1-13-7-9-14(10-8-13)11-12-17(21)18-19-15-5-3-4-6-16(15)20(18)2/h3-12H,1-2H3. The van der Waals surface area contributed by atoms with Crippen LogP contribution in [0.25, 0.3) is 17.1 Å². The molecule has 104 valence electrons. The molecule has 1 aromatic heterocycles. The highest BCUT2D eigenvalue weighted by Gasteiger charge is 2.12. The molecule has 0 aliphatic heterocycles. The minimum atomic E-state index is -0.0886. The molecule has 0 spiro atoms. The van der Waals surface area contributed by atoms with Crippen LogP contribution in [0.15, 0.2) is 54.6 Å². The number of para-hydroxylation sites is 2. The second kappa shape index (κ2) is 5.37. The van der Waals surface area contributed by atoms with Crippen molar-refractivity contribution in [1.82, 2.24) is 9.55 Å². The Morgan fingerprint density at radius 1 is 1.10 bits per heavy atom. The highest BCUT2D eigenvalue weighted by molar-refractivity contribution is 6.06. The molecule has 0 N–H and O–H groups in total. The fourth-order valence-corrected chi connectivity index (χ4v) is 2.29. The van der Waals surface area contributed by atoms with E-state index >= 15 is 0 Å². The van der Waals surface area contributed by atoms with Gasteiger partial charge < -0.3 is 4.57 Å². The average Bonchev–Trinajstić information content (AvgIpc) is 2.84. The number of nitrogens with zero attached hydrogens (tertiary/aromatic N) is 2. The lowest BCUT2D eigenvalue weighted by Gasteiger charge is -1.98. The first-order chi connectivity index (χ1) is 10.1. The number of aryl methyl sites for hydroxylation is 2. The van der Waals surface area contributed by atoms with Crippen LogP contribution in [0.5, 0.6) is 0 Å². The topological polar surface area (TPSA) is 34.9 Å². The molecule has 3 rings (SSSR count). The van der Waals surface area contributed by atoms with E-state index in [-0.39, 0.29) is 5.78 Å². The summed E-state index contributed by atoms with van der Waals surface area (Å²) in [5.74, 6) is 0.369. The maximum Gasteiger partial charge on any atom is 0.221 e. The lowest BCUT2D eigenvalue weighted by Crippen LogP contribution is -2.04. The number of fused-ring (bicyclic) bond motifs is 1. The van der Waals surface area contributed by atoms with Gasteiger partial charge in [0.1, 0.15) is 0 Å². The van der Waals surface area contributed by atoms with Gasteiger partial charge in [0.2, 0.25) is 5.78 Å². The molecule has 1 heterocycles. The van der Waals surface area contributed by atoms with E-state index in [1.54, 1.807) is 6.08 Å². The summed E-state index contributed by atoms with van der Waals surface area (Å²) in [6, 6.07) is 15.8. The third kappa shape index (κ3) is 2.63. The summed E-state index contributed by atoms with van der Waals surface area (Å²) < 4.78 is 1.83. The summed E-state index contributed by atoms with van der Waals surface area (Å²) in [6.07, 6.45) is 3.40. The molecule has 0 unspecified atom stereocenters. The van der Waals surface area contributed by atoms with Crippen LogP contribution in [-0.2, 0) is 7.05 Å². The lowest BCUT2D eigenvalue weighted by atomic mass is 10.1. The van der Waals surface area contributed by atoms with E-state index in [9.17, 15) is 4.79 Å². The largest absolute Gasteiger partial charge is 0.324 e. The number of hydrogen-bond donors (Lipinski definition) is 0. The van der Waals surface area contributed by atoms with E-state index in [2.05, 4.69) is 4.98 Å². The van der Waals surface area contributed by atoms with Crippen LogP contribution in [0, 0.1) is 6.92 Å². The molecular weight excluding hydrogens is 260 g/mol. The number of carbonyl (C=O) groups is 1. The van der Waals surface area contributed by atoms with Gasteiger partial charge >= 0.3 is 0 Å². The maximum absolute atomic E-state index is 12.3. The molecule has 0 aliphatic carbocycles. The number of allylic oxidation sites excluding steroid dienone is 1. The predicted molar refractivity (Wildman–Crippen MR) is 85.3 cm³/mol. The normalized spacial score (nSPS) is 11.3. The number of ketones is 1. The Labute approximate surface area is 123 Å². The van der Waals surface area contributed by atoms with Gasteiger partial charge in [-0.15, -0.1) is 0 Å². The molecule has 3 heteroatoms. The van der Waals surface area contributed by atoms with Crippen LogP contribution in [0.2, 0.25) is 0 Å². The molecule has 0 radical (unpaired) electrons. The number of imidazole rings is 1. The van der Waals surface area contributed by atoms with E-state index in [0.717, 1.165) is 16.6 Å². The third-order valence-electron chi connectivity index (χ3n) is 3.51. The monoisotopic (exact) mass is 276 g/mol. The van der Waals surface area contributed by atoms with Gasteiger partial charge in [0, 0.05) is 7.05 Å². The van der Waals surface area contributed by atoms with Crippen molar-refractivity contribution in [3.8, 4) is 0 Å². The second-order valence-electron chi connectivity index (χ2n) is 5.09. The molecule has 3 nitrogen and oxygen atoms in total. The highest BCUT2D eigenvalue weighted by Crippen LogP contribution is 2.15. The summed E-state index contributed by atoms with van der Waals surface area (Å²) in [5, 5.41) is 0. The first kappa shape index (κ1) is 13.3. The van der Waals surface area contributed by atoms with E-state index in [4.69, 9.17) is 0 Å². The van der Waals surface area contributed by atoms with Gasteiger partial charge in [-0.1, -0.05) is 48.0 Å². The highest BCUT2D eigenvalue weighted by atomic mass is 16.1. The third-order valence-corrected chi connectivity index (χ3v) is 3.51. The van der Waals surface area contributed by atoms with Crippen LogP contribution >= 0.6 is 0 Å². The fourth-order valence-electron chi connectivity index (χ4n) is 2.29. The molecule has 0 fully saturated rings. The first-order valence-electron chi connectivity index (χ1n) is 6.86. The molecule has 0 amide bonds. The van der Waals surface area contributed by atoms with E-state index < -0.39 is 0 Å². The van der Waals surface area contributed by atoms with Crippen molar-refractivity contribution in [3.63, 3.8) is 0 Å². The SMILES string of the molecule is Cc1ccc(C=CC(=O)c2nc3ccccc3n2C)cc1. The lowest BCUT2D eigenvalue weighted by molar-refractivity contribution is 0.103. The summed E-state index contributed by atoms with van der Waals surface area (Å²) in [6.45, 7) is 2.04. The van der Waals surface area contributed by atoms with Crippen molar-refractivity contribution < 1.29 is 4.79 Å². The summed E-state index contributed by atoms with van der Waals surface area (Å²) >= 11 is 0. The maximum atomic E-state index is 12.3. The Morgan fingerprint density at radius 2 is 1.81 bits per heavy atom. The summed E-state index contributed by atoms with van der Waals surface area (Å²) in [5.41, 5.74) is 4.01. The predicted octanol–water partition coefficient (Wildman–Crippen LogP) is 3.78. The zero-order valence-corrected chi connectivity index (χ0v) is 12.1. The van der Waals surface area contributed by atoms with Crippen LogP contribution < -0.4 is 0 Å². The van der Waals surface area contributed by atoms with Crippen molar-refractivity contribution in [3.05, 3.63) is 71.6 Å². The minimum Gasteiger partial charge on any atom is -0.324 e. The number of benzene rings is 2. The molecule has 2 aromatic carbocycles. The molecule has 21 heavy (non-hydrogen) atoms. The zero-order valence-electron chi connectivity index (χ0n) is 12.1. The van der Waals surface area contributed by atoms with Crippen molar-refractivity contribution >= 4 is 22.9 Å². The molecule has 0 bridgehead atoms. The number of carbonyl (C=O) groups excluding carboxylic acids is 1. The Balaban J connectivity index is 1.90. The smallest absolute Gasteiger partial charge is 0.221 e. The van der Waals surface area contributed by atoms with Crippen LogP contribution in [0.1, 0.15) is 21.7 Å². The Bertz CT molecular complexity index is 826. The minimum absolute atomic E-state index is 0.0886. The van der Waals surface area contributed by atoms with Crippen molar-refractivity contribution in [2.45, 2.75) is 6.92 Å². The van der Waals surface area contributed by atoms with Gasteiger partial charge in [-0.05, 0) is 30.7 Å². The van der Waals surface area contributed by atoms with E-state index in [1.165, 1.54) is 5.56 Å². The quantitative estimate of drug-likeness (QED) is 0.539. The van der Waals surface area contributed by atoms with Crippen molar-refractivity contribution in [2.24, 2.45) is 7.05 Å². The van der Waals surface area contributed by atoms with E-state index in [0.29, 0.717) is 5.82 Å². The summed E-state index contributed by atoms with van der Waals surface area (Å²) in [4.78, 5) is 16.7. The molecule has 3 aromatic rings. The molecule has 0 atom stereocenters. The van der Waals surface area contributed by atoms with E-state index in [1.807, 2.05) is 73.1 Å². The summed E-state index contributed by atoms with van der Waals surface area (Å²) in [7, 11) is 1.86. The van der Waals surface area contributed by atoms with Crippen LogP contribution in [-0.4, -0.2) is 15.3 Å². The van der Waals surface area contributed by atoms with Crippen molar-refractivity contribution in [1.29, 1.82) is 0 Å². The first-order valence-corrected chi connectivity index (χ1v) is 6.86.